The first-order valence-electron chi connectivity index (χ1n) is 8.51. The van der Waals surface area contributed by atoms with Gasteiger partial charge in [0.25, 0.3) is 0 Å². The number of halogens is 4. The van der Waals surface area contributed by atoms with Crippen molar-refractivity contribution in [1.82, 2.24) is 15.5 Å². The van der Waals surface area contributed by atoms with Crippen LogP contribution in [0.5, 0.6) is 0 Å². The van der Waals surface area contributed by atoms with E-state index in [1.807, 2.05) is 6.92 Å². The van der Waals surface area contributed by atoms with Crippen LogP contribution in [-0.2, 0) is 0 Å². The molecular weight excluding hydrogens is 389 g/mol. The molecule has 2 atom stereocenters. The predicted molar refractivity (Wildman–Crippen MR) is 98.9 cm³/mol. The van der Waals surface area contributed by atoms with Gasteiger partial charge in [-0.05, 0) is 37.9 Å². The molecule has 10 heteroatoms. The molecule has 2 unspecified atom stereocenters. The van der Waals surface area contributed by atoms with Gasteiger partial charge in [0, 0.05) is 24.5 Å². The van der Waals surface area contributed by atoms with E-state index in [1.165, 1.54) is 16.2 Å². The van der Waals surface area contributed by atoms with Crippen molar-refractivity contribution in [3.05, 3.63) is 21.3 Å². The number of likely N-dealkylation sites (tertiary alicyclic amines) is 1. The van der Waals surface area contributed by atoms with Crippen LogP contribution in [0, 0.1) is 5.92 Å². The number of rotatable bonds is 7. The Kier molecular flexibility index (Phi) is 8.00. The Hall–Kier alpha value is -1.03. The summed E-state index contributed by atoms with van der Waals surface area (Å²) in [6.45, 7) is 3.32. The second kappa shape index (κ2) is 9.77. The first-order valence-corrected chi connectivity index (χ1v) is 9.71. The number of thiophene rings is 1. The number of nitrogens with zero attached hydrogens (tertiary/aromatic N) is 2. The van der Waals surface area contributed by atoms with E-state index in [1.54, 1.807) is 12.1 Å². The number of aliphatic hydroxyl groups is 1. The summed E-state index contributed by atoms with van der Waals surface area (Å²) in [5.41, 5.74) is 0. The van der Waals surface area contributed by atoms with Crippen molar-refractivity contribution >= 4 is 28.9 Å². The van der Waals surface area contributed by atoms with Crippen molar-refractivity contribution in [2.45, 2.75) is 25.6 Å². The van der Waals surface area contributed by atoms with Gasteiger partial charge in [-0.1, -0.05) is 11.6 Å². The van der Waals surface area contributed by atoms with E-state index in [0.29, 0.717) is 36.5 Å². The second-order valence-electron chi connectivity index (χ2n) is 6.26. The molecule has 1 aromatic rings. The number of aliphatic imine (C=N–C) groups is 1. The molecular formula is C16H24ClF3N4OS. The van der Waals surface area contributed by atoms with Crippen LogP contribution in [0.2, 0.25) is 4.34 Å². The monoisotopic (exact) mass is 412 g/mol. The molecule has 26 heavy (non-hydrogen) atoms. The quantitative estimate of drug-likeness (QED) is 0.476. The SMILES string of the molecule is CCNC(=NCC(O)c1ccc(Cl)s1)NCC1CCN(CC(F)(F)F)C1. The van der Waals surface area contributed by atoms with Gasteiger partial charge in [0.2, 0.25) is 0 Å². The molecule has 2 heterocycles. The third kappa shape index (κ3) is 7.30. The lowest BCUT2D eigenvalue weighted by molar-refractivity contribution is -0.143. The Labute approximate surface area is 160 Å². The molecule has 1 aliphatic heterocycles. The molecule has 1 saturated heterocycles. The maximum atomic E-state index is 12.4. The van der Waals surface area contributed by atoms with E-state index in [4.69, 9.17) is 11.6 Å². The zero-order valence-electron chi connectivity index (χ0n) is 14.5. The molecule has 0 aromatic carbocycles. The Morgan fingerprint density at radius 1 is 1.46 bits per heavy atom. The fraction of sp³-hybridized carbons (Fsp3) is 0.688. The van der Waals surface area contributed by atoms with Crippen LogP contribution in [-0.4, -0.2) is 61.4 Å². The third-order valence-corrected chi connectivity index (χ3v) is 5.35. The van der Waals surface area contributed by atoms with Gasteiger partial charge in [-0.15, -0.1) is 11.3 Å². The van der Waals surface area contributed by atoms with Crippen LogP contribution >= 0.6 is 22.9 Å². The molecule has 0 aliphatic carbocycles. The lowest BCUT2D eigenvalue weighted by Gasteiger charge is -2.19. The normalized spacial score (nSPS) is 20.4. The van der Waals surface area contributed by atoms with Gasteiger partial charge < -0.3 is 15.7 Å². The summed E-state index contributed by atoms with van der Waals surface area (Å²) < 4.78 is 38.0. The van der Waals surface area contributed by atoms with Crippen LogP contribution in [0.25, 0.3) is 0 Å². The van der Waals surface area contributed by atoms with E-state index in [-0.39, 0.29) is 12.5 Å². The van der Waals surface area contributed by atoms with Crippen LogP contribution in [0.1, 0.15) is 24.3 Å². The van der Waals surface area contributed by atoms with Gasteiger partial charge >= 0.3 is 6.18 Å². The highest BCUT2D eigenvalue weighted by Crippen LogP contribution is 2.27. The molecule has 0 saturated carbocycles. The summed E-state index contributed by atoms with van der Waals surface area (Å²) >= 11 is 7.17. The topological polar surface area (TPSA) is 59.9 Å². The van der Waals surface area contributed by atoms with Gasteiger partial charge in [0.05, 0.1) is 17.4 Å². The average Bonchev–Trinajstić information content (AvgIpc) is 3.17. The standard InChI is InChI=1S/C16H24ClF3N4OS/c1-2-21-15(23-8-12(25)13-3-4-14(17)26-13)22-7-11-5-6-24(9-11)10-16(18,19)20/h3-4,11-12,25H,2,5-10H2,1H3,(H2,21,22,23). The predicted octanol–water partition coefficient (Wildman–Crippen LogP) is 2.87. The summed E-state index contributed by atoms with van der Waals surface area (Å²) in [6.07, 6.45) is -4.17. The number of nitrogens with one attached hydrogen (secondary N) is 2. The highest BCUT2D eigenvalue weighted by molar-refractivity contribution is 7.16. The third-order valence-electron chi connectivity index (χ3n) is 4.02. The molecule has 0 radical (unpaired) electrons. The average molecular weight is 413 g/mol. The smallest absolute Gasteiger partial charge is 0.386 e. The molecule has 1 aliphatic rings. The van der Waals surface area contributed by atoms with Gasteiger partial charge in [0.15, 0.2) is 5.96 Å². The molecule has 148 valence electrons. The van der Waals surface area contributed by atoms with Gasteiger partial charge in [-0.25, -0.2) is 0 Å². The summed E-state index contributed by atoms with van der Waals surface area (Å²) in [5, 5.41) is 16.4. The highest BCUT2D eigenvalue weighted by Gasteiger charge is 2.34. The van der Waals surface area contributed by atoms with Crippen molar-refractivity contribution < 1.29 is 18.3 Å². The fourth-order valence-electron chi connectivity index (χ4n) is 2.83. The van der Waals surface area contributed by atoms with Crippen LogP contribution in [0.15, 0.2) is 17.1 Å². The van der Waals surface area contributed by atoms with Crippen molar-refractivity contribution in [1.29, 1.82) is 0 Å². The minimum atomic E-state index is -4.15. The number of hydrogen-bond donors (Lipinski definition) is 3. The number of hydrogen-bond acceptors (Lipinski definition) is 4. The number of guanidine groups is 1. The maximum absolute atomic E-state index is 12.4. The van der Waals surface area contributed by atoms with E-state index < -0.39 is 18.8 Å². The van der Waals surface area contributed by atoms with Crippen molar-refractivity contribution in [3.8, 4) is 0 Å². The van der Waals surface area contributed by atoms with Crippen LogP contribution < -0.4 is 10.6 Å². The van der Waals surface area contributed by atoms with E-state index in [2.05, 4.69) is 15.6 Å². The number of alkyl halides is 3. The Morgan fingerprint density at radius 2 is 2.23 bits per heavy atom. The zero-order chi connectivity index (χ0) is 19.2. The molecule has 0 bridgehead atoms. The molecule has 3 N–H and O–H groups in total. The lowest BCUT2D eigenvalue weighted by atomic mass is 10.1. The zero-order valence-corrected chi connectivity index (χ0v) is 16.1. The largest absolute Gasteiger partial charge is 0.401 e. The van der Waals surface area contributed by atoms with E-state index in [9.17, 15) is 18.3 Å². The van der Waals surface area contributed by atoms with E-state index in [0.717, 1.165) is 11.3 Å². The Balaban J connectivity index is 1.80. The maximum Gasteiger partial charge on any atom is 0.401 e. The molecule has 5 nitrogen and oxygen atoms in total. The van der Waals surface area contributed by atoms with Crippen LogP contribution in [0.3, 0.4) is 0 Å². The Bertz CT molecular complexity index is 596. The number of aliphatic hydroxyl groups excluding tert-OH is 1. The van der Waals surface area contributed by atoms with Gasteiger partial charge in [0.1, 0.15) is 6.10 Å². The molecule has 0 spiro atoms. The molecule has 2 rings (SSSR count). The second-order valence-corrected chi connectivity index (χ2v) is 8.01. The van der Waals surface area contributed by atoms with Crippen molar-refractivity contribution in [2.75, 3.05) is 39.3 Å². The summed E-state index contributed by atoms with van der Waals surface area (Å²) in [4.78, 5) is 6.53. The first-order chi connectivity index (χ1) is 12.3. The fourth-order valence-corrected chi connectivity index (χ4v) is 3.87. The van der Waals surface area contributed by atoms with Crippen molar-refractivity contribution in [2.24, 2.45) is 10.9 Å². The van der Waals surface area contributed by atoms with E-state index >= 15 is 0 Å². The summed E-state index contributed by atoms with van der Waals surface area (Å²) in [7, 11) is 0. The Morgan fingerprint density at radius 3 is 2.85 bits per heavy atom. The summed E-state index contributed by atoms with van der Waals surface area (Å²) in [5.74, 6) is 0.686. The molecule has 0 amide bonds. The molecule has 1 aromatic heterocycles. The summed E-state index contributed by atoms with van der Waals surface area (Å²) in [6, 6.07) is 3.49. The first kappa shape index (κ1) is 21.3. The van der Waals surface area contributed by atoms with Crippen molar-refractivity contribution in [3.63, 3.8) is 0 Å². The molecule has 1 fully saturated rings. The minimum absolute atomic E-state index is 0.141. The minimum Gasteiger partial charge on any atom is -0.386 e. The van der Waals surface area contributed by atoms with Gasteiger partial charge in [-0.2, -0.15) is 13.2 Å². The van der Waals surface area contributed by atoms with Crippen LogP contribution in [0.4, 0.5) is 13.2 Å². The van der Waals surface area contributed by atoms with Gasteiger partial charge in [-0.3, -0.25) is 9.89 Å². The highest BCUT2D eigenvalue weighted by atomic mass is 35.5. The lowest BCUT2D eigenvalue weighted by Crippen LogP contribution is -2.41.